The van der Waals surface area contributed by atoms with Crippen molar-refractivity contribution in [2.24, 2.45) is 0 Å². The van der Waals surface area contributed by atoms with Crippen molar-refractivity contribution in [1.29, 1.82) is 0 Å². The maximum Gasteiger partial charge on any atom is 0.244 e. The van der Waals surface area contributed by atoms with Crippen LogP contribution < -0.4 is 9.62 Å². The number of hydrogen-bond donors (Lipinski definition) is 1. The molecule has 0 heterocycles. The van der Waals surface area contributed by atoms with Gasteiger partial charge in [-0.2, -0.15) is 0 Å². The van der Waals surface area contributed by atoms with Gasteiger partial charge in [-0.1, -0.05) is 59.1 Å². The fourth-order valence-corrected chi connectivity index (χ4v) is 4.46. The first-order chi connectivity index (χ1) is 15.3. The average Bonchev–Trinajstić information content (AvgIpc) is 2.72. The van der Waals surface area contributed by atoms with E-state index in [-0.39, 0.29) is 34.2 Å². The SMILES string of the molecule is Cc1ccc(CN(C(=O)CN(c2cccc(Cl)c2Cl)S(C)(=O)=O)C(C)C(=O)NC(C)C)cc1. The predicted molar refractivity (Wildman–Crippen MR) is 133 cm³/mol. The second kappa shape index (κ2) is 11.2. The molecule has 1 N–H and O–H groups in total. The molecule has 10 heteroatoms. The Labute approximate surface area is 205 Å². The van der Waals surface area contributed by atoms with Crippen LogP contribution in [0, 0.1) is 6.92 Å². The Morgan fingerprint density at radius 3 is 2.18 bits per heavy atom. The molecule has 7 nitrogen and oxygen atoms in total. The van der Waals surface area contributed by atoms with Crippen molar-refractivity contribution in [1.82, 2.24) is 10.2 Å². The number of sulfonamides is 1. The van der Waals surface area contributed by atoms with Crippen molar-refractivity contribution in [2.45, 2.75) is 46.3 Å². The lowest BCUT2D eigenvalue weighted by Gasteiger charge is -2.32. The molecule has 0 saturated carbocycles. The summed E-state index contributed by atoms with van der Waals surface area (Å²) in [5.74, 6) is -0.888. The Balaban J connectivity index is 2.43. The predicted octanol–water partition coefficient (Wildman–Crippen LogP) is 4.01. The Hall–Kier alpha value is -2.29. The second-order valence-electron chi connectivity index (χ2n) is 8.19. The van der Waals surface area contributed by atoms with E-state index < -0.39 is 28.5 Å². The number of aryl methyl sites for hydroxylation is 1. The largest absolute Gasteiger partial charge is 0.352 e. The summed E-state index contributed by atoms with van der Waals surface area (Å²) in [6.45, 7) is 6.80. The van der Waals surface area contributed by atoms with Crippen LogP contribution in [-0.2, 0) is 26.2 Å². The Kier molecular flexibility index (Phi) is 9.17. The van der Waals surface area contributed by atoms with Gasteiger partial charge in [-0.15, -0.1) is 0 Å². The van der Waals surface area contributed by atoms with Crippen LogP contribution in [0.2, 0.25) is 10.0 Å². The molecule has 0 aliphatic heterocycles. The maximum atomic E-state index is 13.4. The first kappa shape index (κ1) is 27.0. The van der Waals surface area contributed by atoms with Gasteiger partial charge in [0, 0.05) is 12.6 Å². The summed E-state index contributed by atoms with van der Waals surface area (Å²) >= 11 is 12.3. The Morgan fingerprint density at radius 2 is 1.64 bits per heavy atom. The van der Waals surface area contributed by atoms with E-state index in [1.165, 1.54) is 17.0 Å². The molecular formula is C23H29Cl2N3O4S. The highest BCUT2D eigenvalue weighted by molar-refractivity contribution is 7.92. The van der Waals surface area contributed by atoms with E-state index in [1.807, 2.05) is 45.0 Å². The van der Waals surface area contributed by atoms with Gasteiger partial charge >= 0.3 is 0 Å². The van der Waals surface area contributed by atoms with E-state index >= 15 is 0 Å². The highest BCUT2D eigenvalue weighted by atomic mass is 35.5. The molecule has 0 aromatic heterocycles. The topological polar surface area (TPSA) is 86.8 Å². The van der Waals surface area contributed by atoms with Crippen LogP contribution in [0.25, 0.3) is 0 Å². The summed E-state index contributed by atoms with van der Waals surface area (Å²) in [5, 5.41) is 2.99. The number of nitrogens with one attached hydrogen (secondary N) is 1. The van der Waals surface area contributed by atoms with Gasteiger partial charge in [0.05, 0.1) is 22.0 Å². The van der Waals surface area contributed by atoms with Crippen molar-refractivity contribution in [2.75, 3.05) is 17.1 Å². The molecule has 180 valence electrons. The van der Waals surface area contributed by atoms with Crippen molar-refractivity contribution < 1.29 is 18.0 Å². The molecule has 0 saturated heterocycles. The number of nitrogens with zero attached hydrogens (tertiary/aromatic N) is 2. The number of carbonyl (C=O) groups excluding carboxylic acids is 2. The number of hydrogen-bond acceptors (Lipinski definition) is 4. The highest BCUT2D eigenvalue weighted by Gasteiger charge is 2.31. The fraction of sp³-hybridized carbons (Fsp3) is 0.391. The van der Waals surface area contributed by atoms with E-state index in [4.69, 9.17) is 23.2 Å². The van der Waals surface area contributed by atoms with E-state index in [2.05, 4.69) is 5.32 Å². The second-order valence-corrected chi connectivity index (χ2v) is 10.9. The van der Waals surface area contributed by atoms with Gasteiger partial charge in [0.1, 0.15) is 12.6 Å². The lowest BCUT2D eigenvalue weighted by atomic mass is 10.1. The molecule has 0 bridgehead atoms. The molecule has 2 aromatic rings. The van der Waals surface area contributed by atoms with Crippen LogP contribution in [0.3, 0.4) is 0 Å². The van der Waals surface area contributed by atoms with Crippen molar-refractivity contribution >= 4 is 50.7 Å². The molecule has 2 rings (SSSR count). The zero-order valence-corrected chi connectivity index (χ0v) is 21.6. The zero-order valence-electron chi connectivity index (χ0n) is 19.3. The lowest BCUT2D eigenvalue weighted by Crippen LogP contribution is -2.52. The zero-order chi connectivity index (χ0) is 24.9. The minimum Gasteiger partial charge on any atom is -0.352 e. The van der Waals surface area contributed by atoms with Gasteiger partial charge in [0.15, 0.2) is 0 Å². The molecule has 0 fully saturated rings. The lowest BCUT2D eigenvalue weighted by molar-refractivity contribution is -0.139. The number of carbonyl (C=O) groups is 2. The fourth-order valence-electron chi connectivity index (χ4n) is 3.16. The highest BCUT2D eigenvalue weighted by Crippen LogP contribution is 2.33. The van der Waals surface area contributed by atoms with E-state index in [0.717, 1.165) is 21.7 Å². The molecule has 0 spiro atoms. The smallest absolute Gasteiger partial charge is 0.244 e. The molecule has 1 unspecified atom stereocenters. The molecule has 0 radical (unpaired) electrons. The maximum absolute atomic E-state index is 13.4. The van der Waals surface area contributed by atoms with Crippen LogP contribution in [0.4, 0.5) is 5.69 Å². The monoisotopic (exact) mass is 513 g/mol. The Morgan fingerprint density at radius 1 is 1.03 bits per heavy atom. The van der Waals surface area contributed by atoms with Crippen molar-refractivity contribution in [3.8, 4) is 0 Å². The molecule has 33 heavy (non-hydrogen) atoms. The normalized spacial score (nSPS) is 12.4. The van der Waals surface area contributed by atoms with Crippen molar-refractivity contribution in [3.63, 3.8) is 0 Å². The van der Waals surface area contributed by atoms with E-state index in [1.54, 1.807) is 13.0 Å². The average molecular weight is 514 g/mol. The third-order valence-corrected chi connectivity index (χ3v) is 6.89. The number of halogens is 2. The molecule has 1 atom stereocenters. The summed E-state index contributed by atoms with van der Waals surface area (Å²) in [6, 6.07) is 11.1. The van der Waals surface area contributed by atoms with Crippen molar-refractivity contribution in [3.05, 3.63) is 63.6 Å². The summed E-state index contributed by atoms with van der Waals surface area (Å²) in [7, 11) is -3.89. The third kappa shape index (κ3) is 7.35. The van der Waals surface area contributed by atoms with Gasteiger partial charge in [-0.3, -0.25) is 13.9 Å². The van der Waals surface area contributed by atoms with Crippen LogP contribution in [0.15, 0.2) is 42.5 Å². The number of anilines is 1. The number of benzene rings is 2. The first-order valence-corrected chi connectivity index (χ1v) is 13.0. The third-order valence-electron chi connectivity index (χ3n) is 4.95. The summed E-state index contributed by atoms with van der Waals surface area (Å²) < 4.78 is 26.0. The standard InChI is InChI=1S/C23H29Cl2N3O4S/c1-15(2)26-23(30)17(4)27(13-18-11-9-16(3)10-12-18)21(29)14-28(33(5,31)32)20-8-6-7-19(24)22(20)25/h6-12,15,17H,13-14H2,1-5H3,(H,26,30). The van der Waals surface area contributed by atoms with Crippen LogP contribution >= 0.6 is 23.2 Å². The van der Waals surface area contributed by atoms with Crippen LogP contribution in [0.1, 0.15) is 31.9 Å². The summed E-state index contributed by atoms with van der Waals surface area (Å²) in [4.78, 5) is 27.5. The molecule has 2 amide bonds. The van der Waals surface area contributed by atoms with Crippen LogP contribution in [0.5, 0.6) is 0 Å². The van der Waals surface area contributed by atoms with Gasteiger partial charge in [-0.25, -0.2) is 8.42 Å². The van der Waals surface area contributed by atoms with E-state index in [0.29, 0.717) is 0 Å². The Bertz CT molecular complexity index is 1110. The molecule has 2 aromatic carbocycles. The first-order valence-electron chi connectivity index (χ1n) is 10.4. The van der Waals surface area contributed by atoms with Gasteiger partial charge in [0.2, 0.25) is 21.8 Å². The molecule has 0 aliphatic carbocycles. The van der Waals surface area contributed by atoms with Crippen LogP contribution in [-0.4, -0.2) is 50.0 Å². The minimum atomic E-state index is -3.89. The summed E-state index contributed by atoms with van der Waals surface area (Å²) in [5.41, 5.74) is 1.96. The van der Waals surface area contributed by atoms with Gasteiger partial charge in [-0.05, 0) is 45.4 Å². The molecular weight excluding hydrogens is 485 g/mol. The molecule has 0 aliphatic rings. The number of amides is 2. The van der Waals surface area contributed by atoms with Gasteiger partial charge in [0.25, 0.3) is 0 Å². The van der Waals surface area contributed by atoms with E-state index in [9.17, 15) is 18.0 Å². The quantitative estimate of drug-likeness (QED) is 0.548. The number of rotatable bonds is 9. The summed E-state index contributed by atoms with van der Waals surface area (Å²) in [6.07, 6.45) is 0.983. The van der Waals surface area contributed by atoms with Gasteiger partial charge < -0.3 is 10.2 Å². The minimum absolute atomic E-state index is 0.0214.